The van der Waals surface area contributed by atoms with Gasteiger partial charge in [-0.1, -0.05) is 45.9 Å². The zero-order chi connectivity index (χ0) is 24.4. The van der Waals surface area contributed by atoms with Gasteiger partial charge in [0.1, 0.15) is 0 Å². The van der Waals surface area contributed by atoms with Crippen molar-refractivity contribution in [1.29, 1.82) is 0 Å². The molecule has 1 aliphatic carbocycles. The zero-order valence-electron chi connectivity index (χ0n) is 22.0. The molecule has 1 aromatic carbocycles. The van der Waals surface area contributed by atoms with Gasteiger partial charge >= 0.3 is 5.96 Å². The van der Waals surface area contributed by atoms with Gasteiger partial charge in [0.15, 0.2) is 0 Å². The maximum Gasteiger partial charge on any atom is 0.306 e. The van der Waals surface area contributed by atoms with Crippen molar-refractivity contribution in [2.75, 3.05) is 46.4 Å². The fourth-order valence-electron chi connectivity index (χ4n) is 5.66. The minimum Gasteiger partial charge on any atom is -0.396 e. The quantitative estimate of drug-likeness (QED) is 0.470. The topological polar surface area (TPSA) is 47.9 Å². The van der Waals surface area contributed by atoms with E-state index in [1.807, 2.05) is 0 Å². The summed E-state index contributed by atoms with van der Waals surface area (Å²) in [5.41, 5.74) is 5.86. The lowest BCUT2D eigenvalue weighted by Crippen LogP contribution is -2.62. The molecule has 0 unspecified atom stereocenters. The van der Waals surface area contributed by atoms with Crippen LogP contribution in [0.5, 0.6) is 0 Å². The molecule has 0 amide bonds. The highest BCUT2D eigenvalue weighted by Gasteiger charge is 2.37. The van der Waals surface area contributed by atoms with Gasteiger partial charge in [-0.25, -0.2) is 0 Å². The number of aliphatic imine (C=N–C) groups is 1. The minimum atomic E-state index is 0.207. The van der Waals surface area contributed by atoms with Crippen LogP contribution in [0.25, 0.3) is 5.57 Å². The predicted octanol–water partition coefficient (Wildman–Crippen LogP) is 4.77. The number of rotatable bonds is 6. The molecule has 1 aromatic rings. The number of piperazine rings is 1. The molecule has 3 aliphatic rings. The van der Waals surface area contributed by atoms with Gasteiger partial charge in [-0.2, -0.15) is 4.99 Å². The summed E-state index contributed by atoms with van der Waals surface area (Å²) in [5, 5.41) is 12.5. The summed E-state index contributed by atoms with van der Waals surface area (Å²) in [6, 6.07) is 7.06. The fourth-order valence-corrected chi connectivity index (χ4v) is 5.66. The molecule has 2 N–H and O–H groups in total. The molecule has 0 bridgehead atoms. The molecule has 0 atom stereocenters. The minimum absolute atomic E-state index is 0.207. The van der Waals surface area contributed by atoms with Gasteiger partial charge in [0.05, 0.1) is 20.1 Å². The number of nitrogens with one attached hydrogen (secondary N) is 1. The van der Waals surface area contributed by atoms with Crippen LogP contribution in [-0.4, -0.2) is 66.8 Å². The van der Waals surface area contributed by atoms with Crippen LogP contribution >= 0.6 is 0 Å². The van der Waals surface area contributed by atoms with E-state index < -0.39 is 0 Å². The van der Waals surface area contributed by atoms with E-state index in [1.54, 1.807) is 0 Å². The maximum atomic E-state index is 8.98. The van der Waals surface area contributed by atoms with Crippen molar-refractivity contribution in [3.63, 3.8) is 0 Å². The number of guanidine groups is 1. The van der Waals surface area contributed by atoms with Crippen LogP contribution in [0.3, 0.4) is 0 Å². The van der Waals surface area contributed by atoms with E-state index in [0.29, 0.717) is 6.61 Å². The average Bonchev–Trinajstić information content (AvgIpc) is 3.08. The summed E-state index contributed by atoms with van der Waals surface area (Å²) in [5.74, 6) is 1.03. The van der Waals surface area contributed by atoms with Gasteiger partial charge in [0, 0.05) is 37.7 Å². The van der Waals surface area contributed by atoms with E-state index in [0.717, 1.165) is 56.0 Å². The Balaban J connectivity index is 1.49. The Labute approximate surface area is 206 Å². The molecule has 0 spiro atoms. The third-order valence-corrected chi connectivity index (χ3v) is 8.45. The standard InChI is InChI=1S/C29H45N4O/c1-28(2)12-13-29(3,4)26-21-23(9-10-25(26)28)24-11-14-30-27(31-22-24)33(5)18-16-32(17-19-33)15-7-6-8-20-34/h9-11,14,21-22,34H,6-8,12-13,15-20H2,1-5H3,(H,30,31)/q+1. The number of hydrogen-bond acceptors (Lipinski definition) is 4. The molecule has 0 saturated carbocycles. The summed E-state index contributed by atoms with van der Waals surface area (Å²) in [7, 11) is 2.30. The van der Waals surface area contributed by atoms with Crippen LogP contribution in [0.15, 0.2) is 41.7 Å². The molecule has 2 aliphatic heterocycles. The van der Waals surface area contributed by atoms with E-state index in [4.69, 9.17) is 10.1 Å². The Hall–Kier alpha value is -1.95. The van der Waals surface area contributed by atoms with Crippen LogP contribution in [0.2, 0.25) is 0 Å². The lowest BCUT2D eigenvalue weighted by Gasteiger charge is -2.42. The number of allylic oxidation sites excluding steroid dienone is 2. The van der Waals surface area contributed by atoms with Crippen LogP contribution in [0, 0.1) is 0 Å². The first-order valence-electron chi connectivity index (χ1n) is 13.2. The number of unbranched alkanes of at least 4 members (excludes halogenated alkanes) is 2. The molecule has 34 heavy (non-hydrogen) atoms. The maximum absolute atomic E-state index is 8.98. The predicted molar refractivity (Wildman–Crippen MR) is 143 cm³/mol. The molecule has 5 nitrogen and oxygen atoms in total. The molecular formula is C29H45N4O+. The van der Waals surface area contributed by atoms with Crippen LogP contribution in [-0.2, 0) is 10.8 Å². The number of nitrogens with zero attached hydrogens (tertiary/aromatic N) is 3. The average molecular weight is 466 g/mol. The Morgan fingerprint density at radius 3 is 2.41 bits per heavy atom. The van der Waals surface area contributed by atoms with Crippen LogP contribution in [0.4, 0.5) is 0 Å². The van der Waals surface area contributed by atoms with E-state index in [2.05, 4.69) is 81.6 Å². The summed E-state index contributed by atoms with van der Waals surface area (Å²) in [6.07, 6.45) is 12.0. The molecule has 2 heterocycles. The van der Waals surface area contributed by atoms with E-state index in [9.17, 15) is 0 Å². The second kappa shape index (κ2) is 9.96. The molecule has 5 heteroatoms. The van der Waals surface area contributed by atoms with Crippen molar-refractivity contribution in [3.05, 3.63) is 53.4 Å². The van der Waals surface area contributed by atoms with Crippen molar-refractivity contribution in [1.82, 2.24) is 10.2 Å². The van der Waals surface area contributed by atoms with E-state index in [-0.39, 0.29) is 10.8 Å². The van der Waals surface area contributed by atoms with E-state index in [1.165, 1.54) is 41.5 Å². The fraction of sp³-hybridized carbons (Fsp3) is 0.621. The van der Waals surface area contributed by atoms with Gasteiger partial charge in [-0.3, -0.25) is 9.38 Å². The monoisotopic (exact) mass is 465 g/mol. The normalized spacial score (nSPS) is 23.4. The molecular weight excluding hydrogens is 420 g/mol. The molecule has 186 valence electrons. The first-order valence-corrected chi connectivity index (χ1v) is 13.2. The molecule has 1 saturated heterocycles. The number of likely N-dealkylation sites (N-methyl/N-ethyl adjacent to an activating group) is 1. The molecule has 1 fully saturated rings. The van der Waals surface area contributed by atoms with Crippen molar-refractivity contribution in [2.45, 2.75) is 70.6 Å². The van der Waals surface area contributed by atoms with Gasteiger partial charge < -0.3 is 10.4 Å². The van der Waals surface area contributed by atoms with Crippen molar-refractivity contribution in [3.8, 4) is 0 Å². The Bertz CT molecular complexity index is 964. The summed E-state index contributed by atoms with van der Waals surface area (Å²) >= 11 is 0. The van der Waals surface area contributed by atoms with Crippen LogP contribution in [0.1, 0.15) is 76.5 Å². The molecule has 0 aromatic heterocycles. The highest BCUT2D eigenvalue weighted by molar-refractivity contribution is 5.82. The van der Waals surface area contributed by atoms with Gasteiger partial charge in [0.25, 0.3) is 0 Å². The smallest absolute Gasteiger partial charge is 0.306 e. The van der Waals surface area contributed by atoms with Gasteiger partial charge in [-0.15, -0.1) is 0 Å². The van der Waals surface area contributed by atoms with Gasteiger partial charge in [0.2, 0.25) is 0 Å². The first kappa shape index (κ1) is 25.2. The van der Waals surface area contributed by atoms with Crippen molar-refractivity contribution in [2.24, 2.45) is 4.99 Å². The lowest BCUT2D eigenvalue weighted by atomic mass is 9.63. The van der Waals surface area contributed by atoms with Gasteiger partial charge in [-0.05, 0) is 72.2 Å². The van der Waals surface area contributed by atoms with Crippen molar-refractivity contribution < 1.29 is 9.59 Å². The second-order valence-corrected chi connectivity index (χ2v) is 12.0. The summed E-state index contributed by atoms with van der Waals surface area (Å²) < 4.78 is 0.840. The third-order valence-electron chi connectivity index (χ3n) is 8.45. The second-order valence-electron chi connectivity index (χ2n) is 12.0. The molecule has 0 radical (unpaired) electrons. The highest BCUT2D eigenvalue weighted by Crippen LogP contribution is 2.46. The summed E-state index contributed by atoms with van der Waals surface area (Å²) in [6.45, 7) is 15.3. The Morgan fingerprint density at radius 1 is 1.00 bits per heavy atom. The number of quaternary nitrogens is 1. The number of benzene rings is 1. The Kier molecular flexibility index (Phi) is 7.37. The number of hydrogen-bond donors (Lipinski definition) is 2. The lowest BCUT2D eigenvalue weighted by molar-refractivity contribution is -0.828. The van der Waals surface area contributed by atoms with Crippen molar-refractivity contribution >= 4 is 11.5 Å². The van der Waals surface area contributed by atoms with Crippen LogP contribution < -0.4 is 5.32 Å². The first-order chi connectivity index (χ1) is 16.1. The summed E-state index contributed by atoms with van der Waals surface area (Å²) in [4.78, 5) is 7.53. The molecule has 4 rings (SSSR count). The number of fused-ring (bicyclic) bond motifs is 1. The third kappa shape index (κ3) is 5.32. The highest BCUT2D eigenvalue weighted by atomic mass is 16.2. The SMILES string of the molecule is CC1(C)CCC(C)(C)c2cc(C3=CN=C([N+]4(C)CCN(CCCCCO)CC4)NC=C3)ccc21. The van der Waals surface area contributed by atoms with E-state index >= 15 is 0 Å². The Morgan fingerprint density at radius 2 is 1.71 bits per heavy atom. The largest absolute Gasteiger partial charge is 0.396 e. The zero-order valence-corrected chi connectivity index (χ0v) is 22.0. The number of aliphatic hydroxyl groups is 1. The number of aliphatic hydroxyl groups excluding tert-OH is 1.